The Hall–Kier alpha value is -1.31. The molecule has 0 aliphatic heterocycles. The van der Waals surface area contributed by atoms with E-state index in [0.717, 1.165) is 27.3 Å². The van der Waals surface area contributed by atoms with Crippen LogP contribution in [-0.4, -0.2) is 27.9 Å². The van der Waals surface area contributed by atoms with Gasteiger partial charge in [-0.2, -0.15) is 0 Å². The Balaban J connectivity index is 1.98. The number of benzene rings is 1. The molecule has 1 atom stereocenters. The number of aryl methyl sites for hydroxylation is 1. The van der Waals surface area contributed by atoms with Gasteiger partial charge in [-0.25, -0.2) is 0 Å². The van der Waals surface area contributed by atoms with Crippen LogP contribution in [0.15, 0.2) is 22.5 Å². The minimum Gasteiger partial charge on any atom is -0.360 e. The van der Waals surface area contributed by atoms with Gasteiger partial charge in [-0.1, -0.05) is 40.8 Å². The molecule has 0 radical (unpaired) electrons. The van der Waals surface area contributed by atoms with Crippen LogP contribution in [0.1, 0.15) is 19.4 Å². The summed E-state index contributed by atoms with van der Waals surface area (Å²) in [5, 5.41) is 15.2. The third kappa shape index (κ3) is 4.59. The van der Waals surface area contributed by atoms with Crippen LogP contribution >= 0.6 is 34.7 Å². The van der Waals surface area contributed by atoms with Crippen molar-refractivity contribution >= 4 is 51.4 Å². The van der Waals surface area contributed by atoms with Crippen LogP contribution in [-0.2, 0) is 4.79 Å². The van der Waals surface area contributed by atoms with E-state index in [1.54, 1.807) is 12.1 Å². The fourth-order valence-electron chi connectivity index (χ4n) is 1.65. The monoisotopic (exact) mass is 356 g/mol. The highest BCUT2D eigenvalue weighted by Crippen LogP contribution is 2.29. The number of rotatable bonds is 6. The van der Waals surface area contributed by atoms with E-state index in [1.807, 2.05) is 26.8 Å². The van der Waals surface area contributed by atoms with Crippen molar-refractivity contribution in [1.29, 1.82) is 0 Å². The summed E-state index contributed by atoms with van der Waals surface area (Å²) in [6.07, 6.45) is 0. The predicted octanol–water partition coefficient (Wildman–Crippen LogP) is 4.05. The molecule has 0 aliphatic rings. The second-order valence-electron chi connectivity index (χ2n) is 4.61. The standard InChI is InChI=1S/C14H17ClN4OS2/c1-4-16-13-18-19-14(22-13)21-9(3)12(20)17-11-7-10(15)6-5-8(11)2/h5-7,9H,4H2,1-3H3,(H,16,18)(H,17,20)/t9-/m1/s1. The van der Waals surface area contributed by atoms with E-state index in [4.69, 9.17) is 11.6 Å². The van der Waals surface area contributed by atoms with Gasteiger partial charge < -0.3 is 10.6 Å². The summed E-state index contributed by atoms with van der Waals surface area (Å²) < 4.78 is 0.765. The molecule has 2 aromatic rings. The molecule has 5 nitrogen and oxygen atoms in total. The lowest BCUT2D eigenvalue weighted by Gasteiger charge is -2.12. The molecular formula is C14H17ClN4OS2. The summed E-state index contributed by atoms with van der Waals surface area (Å²) in [6.45, 7) is 6.56. The van der Waals surface area contributed by atoms with Gasteiger partial charge in [0.2, 0.25) is 11.0 Å². The van der Waals surface area contributed by atoms with Gasteiger partial charge in [-0.05, 0) is 38.5 Å². The SMILES string of the molecule is CCNc1nnc(S[C@H](C)C(=O)Nc2cc(Cl)ccc2C)s1. The van der Waals surface area contributed by atoms with Crippen molar-refractivity contribution in [1.82, 2.24) is 10.2 Å². The van der Waals surface area contributed by atoms with E-state index >= 15 is 0 Å². The van der Waals surface area contributed by atoms with Crippen LogP contribution in [0.5, 0.6) is 0 Å². The van der Waals surface area contributed by atoms with Crippen LogP contribution < -0.4 is 10.6 Å². The van der Waals surface area contributed by atoms with Gasteiger partial charge in [0.15, 0.2) is 4.34 Å². The molecule has 118 valence electrons. The quantitative estimate of drug-likeness (QED) is 0.764. The average Bonchev–Trinajstić information content (AvgIpc) is 2.90. The van der Waals surface area contributed by atoms with E-state index < -0.39 is 0 Å². The molecule has 2 N–H and O–H groups in total. The van der Waals surface area contributed by atoms with Crippen molar-refractivity contribution in [2.45, 2.75) is 30.4 Å². The number of thioether (sulfide) groups is 1. The maximum Gasteiger partial charge on any atom is 0.237 e. The van der Waals surface area contributed by atoms with Gasteiger partial charge in [0.1, 0.15) is 0 Å². The zero-order valence-corrected chi connectivity index (χ0v) is 14.9. The zero-order valence-electron chi connectivity index (χ0n) is 12.5. The highest BCUT2D eigenvalue weighted by Gasteiger charge is 2.18. The largest absolute Gasteiger partial charge is 0.360 e. The molecule has 22 heavy (non-hydrogen) atoms. The molecule has 1 aromatic heterocycles. The summed E-state index contributed by atoms with van der Waals surface area (Å²) in [6, 6.07) is 5.43. The van der Waals surface area contributed by atoms with Crippen molar-refractivity contribution < 1.29 is 4.79 Å². The van der Waals surface area contributed by atoms with Crippen LogP contribution in [0.25, 0.3) is 0 Å². The topological polar surface area (TPSA) is 66.9 Å². The van der Waals surface area contributed by atoms with E-state index in [2.05, 4.69) is 20.8 Å². The van der Waals surface area contributed by atoms with Gasteiger partial charge >= 0.3 is 0 Å². The molecule has 1 heterocycles. The van der Waals surface area contributed by atoms with E-state index in [1.165, 1.54) is 23.1 Å². The fraction of sp³-hybridized carbons (Fsp3) is 0.357. The Morgan fingerprint density at radius 1 is 1.45 bits per heavy atom. The molecule has 0 aliphatic carbocycles. The lowest BCUT2D eigenvalue weighted by Crippen LogP contribution is -2.22. The smallest absolute Gasteiger partial charge is 0.237 e. The number of carbonyl (C=O) groups excluding carboxylic acids is 1. The molecule has 8 heteroatoms. The van der Waals surface area contributed by atoms with Crippen molar-refractivity contribution in [2.75, 3.05) is 17.2 Å². The Labute approximate surface area is 142 Å². The third-order valence-corrected chi connectivity index (χ3v) is 5.14. The number of aromatic nitrogens is 2. The maximum atomic E-state index is 12.3. The number of amides is 1. The van der Waals surface area contributed by atoms with E-state index in [-0.39, 0.29) is 11.2 Å². The van der Waals surface area contributed by atoms with Gasteiger partial charge in [-0.3, -0.25) is 4.79 Å². The molecule has 0 fully saturated rings. The molecule has 0 unspecified atom stereocenters. The molecule has 1 amide bonds. The van der Waals surface area contributed by atoms with Crippen molar-refractivity contribution in [2.24, 2.45) is 0 Å². The van der Waals surface area contributed by atoms with Crippen molar-refractivity contribution in [3.8, 4) is 0 Å². The molecule has 0 spiro atoms. The normalized spacial score (nSPS) is 12.0. The van der Waals surface area contributed by atoms with Gasteiger partial charge in [0.25, 0.3) is 0 Å². The first-order valence-corrected chi connectivity index (χ1v) is 8.88. The highest BCUT2D eigenvalue weighted by atomic mass is 35.5. The van der Waals surface area contributed by atoms with E-state index in [0.29, 0.717) is 5.02 Å². The number of hydrogen-bond donors (Lipinski definition) is 2. The predicted molar refractivity (Wildman–Crippen MR) is 94.2 cm³/mol. The number of nitrogens with one attached hydrogen (secondary N) is 2. The summed E-state index contributed by atoms with van der Waals surface area (Å²) in [5.41, 5.74) is 1.70. The number of carbonyl (C=O) groups is 1. The molecule has 0 saturated carbocycles. The molecule has 0 bridgehead atoms. The fourth-order valence-corrected chi connectivity index (χ4v) is 3.78. The summed E-state index contributed by atoms with van der Waals surface area (Å²) in [7, 11) is 0. The summed E-state index contributed by atoms with van der Waals surface area (Å²) >= 11 is 8.79. The van der Waals surface area contributed by atoms with Crippen LogP contribution in [0.2, 0.25) is 5.02 Å². The number of nitrogens with zero attached hydrogens (tertiary/aromatic N) is 2. The summed E-state index contributed by atoms with van der Waals surface area (Å²) in [5.74, 6) is -0.0874. The van der Waals surface area contributed by atoms with Crippen LogP contribution in [0.3, 0.4) is 0 Å². The second kappa shape index (κ2) is 7.80. The van der Waals surface area contributed by atoms with Crippen LogP contribution in [0.4, 0.5) is 10.8 Å². The maximum absolute atomic E-state index is 12.3. The minimum absolute atomic E-state index is 0.0874. The number of anilines is 2. The Bertz CT molecular complexity index is 662. The summed E-state index contributed by atoms with van der Waals surface area (Å²) in [4.78, 5) is 12.3. The first-order chi connectivity index (χ1) is 10.5. The average molecular weight is 357 g/mol. The lowest BCUT2D eigenvalue weighted by atomic mass is 10.2. The Morgan fingerprint density at radius 3 is 2.95 bits per heavy atom. The Morgan fingerprint density at radius 2 is 2.23 bits per heavy atom. The minimum atomic E-state index is -0.277. The number of halogens is 1. The van der Waals surface area contributed by atoms with Crippen molar-refractivity contribution in [3.05, 3.63) is 28.8 Å². The number of hydrogen-bond acceptors (Lipinski definition) is 6. The molecule has 2 rings (SSSR count). The lowest BCUT2D eigenvalue weighted by molar-refractivity contribution is -0.115. The van der Waals surface area contributed by atoms with E-state index in [9.17, 15) is 4.79 Å². The zero-order chi connectivity index (χ0) is 16.1. The highest BCUT2D eigenvalue weighted by molar-refractivity contribution is 8.02. The Kier molecular flexibility index (Phi) is 6.05. The second-order valence-corrected chi connectivity index (χ2v) is 7.61. The van der Waals surface area contributed by atoms with Crippen molar-refractivity contribution in [3.63, 3.8) is 0 Å². The van der Waals surface area contributed by atoms with Gasteiger partial charge in [0, 0.05) is 17.3 Å². The molecular weight excluding hydrogens is 340 g/mol. The van der Waals surface area contributed by atoms with Gasteiger partial charge in [0.05, 0.1) is 5.25 Å². The third-order valence-electron chi connectivity index (χ3n) is 2.84. The first-order valence-electron chi connectivity index (χ1n) is 6.80. The van der Waals surface area contributed by atoms with Gasteiger partial charge in [-0.15, -0.1) is 10.2 Å². The first kappa shape index (κ1) is 17.1. The van der Waals surface area contributed by atoms with Crippen LogP contribution in [0, 0.1) is 6.92 Å². The molecule has 1 aromatic carbocycles. The molecule has 0 saturated heterocycles.